The van der Waals surface area contributed by atoms with Gasteiger partial charge >= 0.3 is 0 Å². The number of hydrogen-bond acceptors (Lipinski definition) is 2. The molecule has 3 heteroatoms. The minimum Gasteiger partial charge on any atom is -0.345 e. The first-order chi connectivity index (χ1) is 5.22. The second-order valence-corrected chi connectivity index (χ2v) is 3.73. The van der Waals surface area contributed by atoms with Gasteiger partial charge in [-0.05, 0) is 12.2 Å². The molecule has 11 heavy (non-hydrogen) atoms. The summed E-state index contributed by atoms with van der Waals surface area (Å²) in [5.74, 6) is 1.90. The summed E-state index contributed by atoms with van der Waals surface area (Å²) in [4.78, 5) is 13.0. The first-order valence-corrected chi connectivity index (χ1v) is 5.19. The van der Waals surface area contributed by atoms with Gasteiger partial charge in [0.1, 0.15) is 0 Å². The molecule has 0 aliphatic carbocycles. The molecule has 0 saturated heterocycles. The number of thioether (sulfide) groups is 1. The van der Waals surface area contributed by atoms with Gasteiger partial charge in [-0.15, -0.1) is 0 Å². The van der Waals surface area contributed by atoms with Crippen LogP contribution in [0.2, 0.25) is 0 Å². The lowest BCUT2D eigenvalue weighted by atomic mass is 10.4. The third kappa shape index (κ3) is 5.13. The van der Waals surface area contributed by atoms with Crippen LogP contribution in [0.1, 0.15) is 20.3 Å². The zero-order valence-electron chi connectivity index (χ0n) is 7.59. The molecule has 1 amide bonds. The zero-order valence-corrected chi connectivity index (χ0v) is 8.41. The average Bonchev–Trinajstić information content (AvgIpc) is 2.00. The fourth-order valence-electron chi connectivity index (χ4n) is 0.760. The van der Waals surface area contributed by atoms with Gasteiger partial charge in [-0.25, -0.2) is 0 Å². The van der Waals surface area contributed by atoms with Gasteiger partial charge in [-0.3, -0.25) is 4.79 Å². The van der Waals surface area contributed by atoms with Gasteiger partial charge in [0.2, 0.25) is 5.91 Å². The molecule has 2 nitrogen and oxygen atoms in total. The van der Waals surface area contributed by atoms with Gasteiger partial charge in [-0.2, -0.15) is 11.8 Å². The maximum Gasteiger partial charge on any atom is 0.232 e. The van der Waals surface area contributed by atoms with Crippen molar-refractivity contribution in [3.63, 3.8) is 0 Å². The Morgan fingerprint density at radius 1 is 1.45 bits per heavy atom. The first kappa shape index (κ1) is 10.8. The standard InChI is InChI=1S/C8H17NOS/c1-4-6-9(3)8(10)7-11-5-2/h4-7H2,1-3H3. The summed E-state index contributed by atoms with van der Waals surface area (Å²) < 4.78 is 0. The fourth-order valence-corrected chi connectivity index (χ4v) is 1.36. The molecular weight excluding hydrogens is 158 g/mol. The highest BCUT2D eigenvalue weighted by molar-refractivity contribution is 7.99. The third-order valence-electron chi connectivity index (χ3n) is 1.41. The van der Waals surface area contributed by atoms with Crippen LogP contribution in [0.3, 0.4) is 0 Å². The predicted molar refractivity (Wildman–Crippen MR) is 50.9 cm³/mol. The van der Waals surface area contributed by atoms with Crippen LogP contribution in [-0.2, 0) is 4.79 Å². The maximum absolute atomic E-state index is 11.2. The van der Waals surface area contributed by atoms with Gasteiger partial charge in [-0.1, -0.05) is 13.8 Å². The lowest BCUT2D eigenvalue weighted by Gasteiger charge is -2.14. The molecule has 0 N–H and O–H groups in total. The topological polar surface area (TPSA) is 20.3 Å². The molecule has 0 atom stereocenters. The van der Waals surface area contributed by atoms with E-state index in [0.717, 1.165) is 18.7 Å². The second-order valence-electron chi connectivity index (χ2n) is 2.45. The van der Waals surface area contributed by atoms with E-state index >= 15 is 0 Å². The van der Waals surface area contributed by atoms with E-state index in [2.05, 4.69) is 13.8 Å². The van der Waals surface area contributed by atoms with Crippen molar-refractivity contribution >= 4 is 17.7 Å². The van der Waals surface area contributed by atoms with E-state index in [0.29, 0.717) is 5.75 Å². The van der Waals surface area contributed by atoms with Crippen LogP contribution >= 0.6 is 11.8 Å². The Kier molecular flexibility index (Phi) is 6.42. The highest BCUT2D eigenvalue weighted by Crippen LogP contribution is 2.00. The number of rotatable bonds is 5. The van der Waals surface area contributed by atoms with Crippen molar-refractivity contribution in [1.82, 2.24) is 4.90 Å². The summed E-state index contributed by atoms with van der Waals surface area (Å²) in [6.45, 7) is 5.03. The summed E-state index contributed by atoms with van der Waals surface area (Å²) in [5, 5.41) is 0. The highest BCUT2D eigenvalue weighted by Gasteiger charge is 2.05. The van der Waals surface area contributed by atoms with Crippen molar-refractivity contribution in [2.75, 3.05) is 25.1 Å². The molecule has 0 bridgehead atoms. The fraction of sp³-hybridized carbons (Fsp3) is 0.875. The minimum atomic E-state index is 0.249. The monoisotopic (exact) mass is 175 g/mol. The van der Waals surface area contributed by atoms with E-state index < -0.39 is 0 Å². The maximum atomic E-state index is 11.2. The minimum absolute atomic E-state index is 0.249. The molecule has 0 spiro atoms. The van der Waals surface area contributed by atoms with Crippen molar-refractivity contribution in [3.8, 4) is 0 Å². The average molecular weight is 175 g/mol. The molecular formula is C8H17NOS. The lowest BCUT2D eigenvalue weighted by molar-refractivity contribution is -0.127. The molecule has 0 unspecified atom stereocenters. The molecule has 0 aromatic heterocycles. The van der Waals surface area contributed by atoms with Gasteiger partial charge in [0.25, 0.3) is 0 Å². The summed E-state index contributed by atoms with van der Waals surface area (Å²) in [6.07, 6.45) is 1.04. The van der Waals surface area contributed by atoms with Crippen molar-refractivity contribution in [2.45, 2.75) is 20.3 Å². The van der Waals surface area contributed by atoms with Crippen LogP contribution in [-0.4, -0.2) is 35.9 Å². The SMILES string of the molecule is CCCN(C)C(=O)CSCC. The Morgan fingerprint density at radius 2 is 2.09 bits per heavy atom. The summed E-state index contributed by atoms with van der Waals surface area (Å²) >= 11 is 1.68. The highest BCUT2D eigenvalue weighted by atomic mass is 32.2. The van der Waals surface area contributed by atoms with E-state index in [-0.39, 0.29) is 5.91 Å². The van der Waals surface area contributed by atoms with Crippen LogP contribution in [0, 0.1) is 0 Å². The molecule has 0 aliphatic rings. The van der Waals surface area contributed by atoms with E-state index in [4.69, 9.17) is 0 Å². The van der Waals surface area contributed by atoms with Gasteiger partial charge in [0, 0.05) is 13.6 Å². The Morgan fingerprint density at radius 3 is 2.55 bits per heavy atom. The lowest BCUT2D eigenvalue weighted by Crippen LogP contribution is -2.28. The third-order valence-corrected chi connectivity index (χ3v) is 2.27. The van der Waals surface area contributed by atoms with Gasteiger partial charge < -0.3 is 4.90 Å². The zero-order chi connectivity index (χ0) is 8.69. The predicted octanol–water partition coefficient (Wildman–Crippen LogP) is 1.61. The van der Waals surface area contributed by atoms with Crippen LogP contribution in [0.15, 0.2) is 0 Å². The number of hydrogen-bond donors (Lipinski definition) is 0. The van der Waals surface area contributed by atoms with E-state index in [1.807, 2.05) is 7.05 Å². The Balaban J connectivity index is 3.47. The van der Waals surface area contributed by atoms with E-state index in [1.54, 1.807) is 16.7 Å². The Labute approximate surface area is 73.3 Å². The summed E-state index contributed by atoms with van der Waals surface area (Å²) in [5.41, 5.74) is 0. The van der Waals surface area contributed by atoms with Gasteiger partial charge in [0.05, 0.1) is 5.75 Å². The van der Waals surface area contributed by atoms with Crippen LogP contribution in [0.25, 0.3) is 0 Å². The van der Waals surface area contributed by atoms with E-state index in [1.165, 1.54) is 0 Å². The number of carbonyl (C=O) groups is 1. The first-order valence-electron chi connectivity index (χ1n) is 4.04. The Bertz CT molecular complexity index is 117. The van der Waals surface area contributed by atoms with Crippen molar-refractivity contribution in [1.29, 1.82) is 0 Å². The molecule has 0 aliphatic heterocycles. The quantitative estimate of drug-likeness (QED) is 0.632. The summed E-state index contributed by atoms with van der Waals surface area (Å²) in [7, 11) is 1.86. The van der Waals surface area contributed by atoms with Crippen LogP contribution in [0.5, 0.6) is 0 Å². The number of carbonyl (C=O) groups excluding carboxylic acids is 1. The molecule has 0 fully saturated rings. The number of amides is 1. The second kappa shape index (κ2) is 6.53. The molecule has 0 radical (unpaired) electrons. The van der Waals surface area contributed by atoms with Crippen LogP contribution < -0.4 is 0 Å². The van der Waals surface area contributed by atoms with Crippen LogP contribution in [0.4, 0.5) is 0 Å². The molecule has 0 heterocycles. The summed E-state index contributed by atoms with van der Waals surface area (Å²) in [6, 6.07) is 0. The molecule has 66 valence electrons. The van der Waals surface area contributed by atoms with Crippen molar-refractivity contribution in [2.24, 2.45) is 0 Å². The molecule has 0 aromatic carbocycles. The van der Waals surface area contributed by atoms with E-state index in [9.17, 15) is 4.79 Å². The molecule has 0 aromatic rings. The van der Waals surface area contributed by atoms with Crippen molar-refractivity contribution in [3.05, 3.63) is 0 Å². The number of nitrogens with zero attached hydrogens (tertiary/aromatic N) is 1. The molecule has 0 rings (SSSR count). The normalized spacial score (nSPS) is 9.73. The smallest absolute Gasteiger partial charge is 0.232 e. The van der Waals surface area contributed by atoms with Gasteiger partial charge in [0.15, 0.2) is 0 Å². The molecule has 0 saturated carbocycles. The largest absolute Gasteiger partial charge is 0.345 e. The Hall–Kier alpha value is -0.180. The van der Waals surface area contributed by atoms with Crippen molar-refractivity contribution < 1.29 is 4.79 Å².